The van der Waals surface area contributed by atoms with Crippen LogP contribution in [0.4, 0.5) is 5.69 Å². The van der Waals surface area contributed by atoms with Crippen LogP contribution < -0.4 is 4.90 Å². The third-order valence-electron chi connectivity index (χ3n) is 3.42. The van der Waals surface area contributed by atoms with E-state index in [1.165, 1.54) is 0 Å². The van der Waals surface area contributed by atoms with Crippen LogP contribution in [-0.2, 0) is 9.53 Å². The van der Waals surface area contributed by atoms with Gasteiger partial charge in [-0.1, -0.05) is 18.2 Å². The molecule has 0 saturated carbocycles. The molecule has 3 heteroatoms. The Balaban J connectivity index is 2.98. The Bertz CT molecular complexity index is 494. The molecule has 0 saturated heterocycles. The van der Waals surface area contributed by atoms with E-state index in [4.69, 9.17) is 4.74 Å². The van der Waals surface area contributed by atoms with E-state index in [9.17, 15) is 4.79 Å². The van der Waals surface area contributed by atoms with Gasteiger partial charge in [0.25, 0.3) is 5.91 Å². The quantitative estimate of drug-likeness (QED) is 0.560. The molecule has 116 valence electrons. The number of carbonyl (C=O) groups is 1. The highest BCUT2D eigenvalue weighted by Gasteiger charge is 2.25. The van der Waals surface area contributed by atoms with Crippen molar-refractivity contribution >= 4 is 11.6 Å². The number of ether oxygens (including phenoxy) is 1. The summed E-state index contributed by atoms with van der Waals surface area (Å²) in [7, 11) is 0. The zero-order chi connectivity index (χ0) is 16.0. The lowest BCUT2D eigenvalue weighted by Gasteiger charge is -2.31. The normalized spacial score (nSPS) is 12.3. The average molecular weight is 289 g/mol. The number of anilines is 1. The van der Waals surface area contributed by atoms with E-state index in [0.29, 0.717) is 6.61 Å². The monoisotopic (exact) mass is 289 g/mol. The van der Waals surface area contributed by atoms with Gasteiger partial charge in [-0.05, 0) is 58.2 Å². The molecular weight excluding hydrogens is 262 g/mol. The number of rotatable bonds is 7. The van der Waals surface area contributed by atoms with Crippen LogP contribution in [-0.4, -0.2) is 24.7 Å². The SMILES string of the molecule is C=CCCOC(C)C(=O)N(c1cc(C)ccc1C)C(C)C. The molecule has 0 fully saturated rings. The van der Waals surface area contributed by atoms with E-state index >= 15 is 0 Å². The molecule has 3 nitrogen and oxygen atoms in total. The lowest BCUT2D eigenvalue weighted by atomic mass is 10.1. The summed E-state index contributed by atoms with van der Waals surface area (Å²) in [5, 5.41) is 0. The molecule has 0 aromatic heterocycles. The highest BCUT2D eigenvalue weighted by atomic mass is 16.5. The summed E-state index contributed by atoms with van der Waals surface area (Å²) < 4.78 is 5.60. The van der Waals surface area contributed by atoms with Gasteiger partial charge < -0.3 is 9.64 Å². The Kier molecular flexibility index (Phi) is 6.63. The van der Waals surface area contributed by atoms with Crippen LogP contribution in [0.1, 0.15) is 38.3 Å². The standard InChI is InChI=1S/C18H27NO2/c1-7-8-11-21-16(6)18(20)19(13(2)3)17-12-14(4)9-10-15(17)5/h7,9-10,12-13,16H,1,8,11H2,2-6H3. The predicted octanol–water partition coefficient (Wildman–Crippen LogP) is 4.03. The molecule has 0 aliphatic carbocycles. The molecule has 0 heterocycles. The molecular formula is C18H27NO2. The van der Waals surface area contributed by atoms with Crippen molar-refractivity contribution in [2.45, 2.75) is 53.2 Å². The molecule has 1 rings (SSSR count). The van der Waals surface area contributed by atoms with Crippen molar-refractivity contribution in [1.82, 2.24) is 0 Å². The maximum absolute atomic E-state index is 12.7. The van der Waals surface area contributed by atoms with Gasteiger partial charge in [0.2, 0.25) is 0 Å². The summed E-state index contributed by atoms with van der Waals surface area (Å²) in [6.45, 7) is 14.1. The molecule has 0 radical (unpaired) electrons. The van der Waals surface area contributed by atoms with Crippen LogP contribution in [0.2, 0.25) is 0 Å². The van der Waals surface area contributed by atoms with E-state index in [-0.39, 0.29) is 11.9 Å². The number of hydrogen-bond acceptors (Lipinski definition) is 2. The smallest absolute Gasteiger partial charge is 0.256 e. The third-order valence-corrected chi connectivity index (χ3v) is 3.42. The second kappa shape index (κ2) is 7.99. The summed E-state index contributed by atoms with van der Waals surface area (Å²) in [5.41, 5.74) is 3.21. The molecule has 1 aromatic carbocycles. The van der Waals surface area contributed by atoms with Crippen LogP contribution in [0.25, 0.3) is 0 Å². The molecule has 0 spiro atoms. The first-order valence-electron chi connectivity index (χ1n) is 7.51. The fourth-order valence-corrected chi connectivity index (χ4v) is 2.23. The molecule has 0 aliphatic heterocycles. The van der Waals surface area contributed by atoms with Crippen molar-refractivity contribution in [3.8, 4) is 0 Å². The molecule has 1 aromatic rings. The van der Waals surface area contributed by atoms with Crippen LogP contribution in [0.15, 0.2) is 30.9 Å². The average Bonchev–Trinajstić information content (AvgIpc) is 2.42. The van der Waals surface area contributed by atoms with Crippen molar-refractivity contribution in [3.05, 3.63) is 42.0 Å². The van der Waals surface area contributed by atoms with Crippen molar-refractivity contribution in [3.63, 3.8) is 0 Å². The van der Waals surface area contributed by atoms with E-state index in [2.05, 4.69) is 24.8 Å². The second-order valence-corrected chi connectivity index (χ2v) is 5.68. The van der Waals surface area contributed by atoms with Gasteiger partial charge in [-0.3, -0.25) is 4.79 Å². The van der Waals surface area contributed by atoms with E-state index in [1.54, 1.807) is 6.08 Å². The molecule has 21 heavy (non-hydrogen) atoms. The lowest BCUT2D eigenvalue weighted by Crippen LogP contribution is -2.44. The Labute approximate surface area is 128 Å². The fraction of sp³-hybridized carbons (Fsp3) is 0.500. The number of benzene rings is 1. The van der Waals surface area contributed by atoms with Gasteiger partial charge >= 0.3 is 0 Å². The summed E-state index contributed by atoms with van der Waals surface area (Å²) in [5.74, 6) is 0.00256. The van der Waals surface area contributed by atoms with Crippen LogP contribution >= 0.6 is 0 Å². The first kappa shape index (κ1) is 17.4. The van der Waals surface area contributed by atoms with Crippen molar-refractivity contribution in [2.75, 3.05) is 11.5 Å². The van der Waals surface area contributed by atoms with Gasteiger partial charge in [0.1, 0.15) is 6.10 Å². The number of nitrogens with zero attached hydrogens (tertiary/aromatic N) is 1. The minimum Gasteiger partial charge on any atom is -0.368 e. The zero-order valence-electron chi connectivity index (χ0n) is 13.8. The molecule has 0 bridgehead atoms. The van der Waals surface area contributed by atoms with E-state index < -0.39 is 6.10 Å². The van der Waals surface area contributed by atoms with Gasteiger partial charge in [-0.15, -0.1) is 6.58 Å². The van der Waals surface area contributed by atoms with Crippen LogP contribution in [0, 0.1) is 13.8 Å². The number of hydrogen-bond donors (Lipinski definition) is 0. The van der Waals surface area contributed by atoms with Crippen molar-refractivity contribution < 1.29 is 9.53 Å². The maximum atomic E-state index is 12.7. The molecule has 0 N–H and O–H groups in total. The summed E-state index contributed by atoms with van der Waals surface area (Å²) in [6.07, 6.45) is 2.09. The first-order valence-corrected chi connectivity index (χ1v) is 7.51. The lowest BCUT2D eigenvalue weighted by molar-refractivity contribution is -0.129. The van der Waals surface area contributed by atoms with Gasteiger partial charge in [0, 0.05) is 11.7 Å². The Morgan fingerprint density at radius 2 is 2.00 bits per heavy atom. The number of amides is 1. The Hall–Kier alpha value is -1.61. The summed E-state index contributed by atoms with van der Waals surface area (Å²) >= 11 is 0. The second-order valence-electron chi connectivity index (χ2n) is 5.68. The fourth-order valence-electron chi connectivity index (χ4n) is 2.23. The zero-order valence-corrected chi connectivity index (χ0v) is 13.8. The van der Waals surface area contributed by atoms with Gasteiger partial charge in [-0.2, -0.15) is 0 Å². The highest BCUT2D eigenvalue weighted by molar-refractivity contribution is 5.97. The molecule has 1 atom stereocenters. The van der Waals surface area contributed by atoms with Crippen molar-refractivity contribution in [1.29, 1.82) is 0 Å². The molecule has 1 amide bonds. The Morgan fingerprint density at radius 3 is 2.57 bits per heavy atom. The minimum atomic E-state index is -0.452. The topological polar surface area (TPSA) is 29.5 Å². The maximum Gasteiger partial charge on any atom is 0.256 e. The molecule has 0 aliphatic rings. The minimum absolute atomic E-state index is 0.00256. The van der Waals surface area contributed by atoms with Crippen LogP contribution in [0.3, 0.4) is 0 Å². The third kappa shape index (κ3) is 4.71. The van der Waals surface area contributed by atoms with E-state index in [0.717, 1.165) is 23.2 Å². The number of aryl methyl sites for hydroxylation is 2. The summed E-state index contributed by atoms with van der Waals surface area (Å²) in [6, 6.07) is 6.26. The largest absolute Gasteiger partial charge is 0.368 e. The van der Waals surface area contributed by atoms with E-state index in [1.807, 2.05) is 39.5 Å². The van der Waals surface area contributed by atoms with Gasteiger partial charge in [0.15, 0.2) is 0 Å². The first-order chi connectivity index (χ1) is 9.88. The highest BCUT2D eigenvalue weighted by Crippen LogP contribution is 2.24. The van der Waals surface area contributed by atoms with Gasteiger partial charge in [-0.25, -0.2) is 0 Å². The van der Waals surface area contributed by atoms with Gasteiger partial charge in [0.05, 0.1) is 6.61 Å². The number of carbonyl (C=O) groups excluding carboxylic acids is 1. The van der Waals surface area contributed by atoms with Crippen molar-refractivity contribution in [2.24, 2.45) is 0 Å². The Morgan fingerprint density at radius 1 is 1.33 bits per heavy atom. The predicted molar refractivity (Wildman–Crippen MR) is 88.8 cm³/mol. The summed E-state index contributed by atoms with van der Waals surface area (Å²) in [4.78, 5) is 14.6. The van der Waals surface area contributed by atoms with Crippen LogP contribution in [0.5, 0.6) is 0 Å². The molecule has 1 unspecified atom stereocenters.